The Balaban J connectivity index is 1.42. The first-order chi connectivity index (χ1) is 14.1. The van der Waals surface area contributed by atoms with Crippen LogP contribution in [0.1, 0.15) is 37.3 Å². The summed E-state index contributed by atoms with van der Waals surface area (Å²) in [5.41, 5.74) is 3.63. The highest BCUT2D eigenvalue weighted by Gasteiger charge is 2.21. The summed E-state index contributed by atoms with van der Waals surface area (Å²) < 4.78 is 6.00. The Morgan fingerprint density at radius 1 is 1.14 bits per heavy atom. The number of amides is 1. The van der Waals surface area contributed by atoms with Crippen molar-refractivity contribution in [1.29, 1.82) is 0 Å². The van der Waals surface area contributed by atoms with Crippen LogP contribution in [0.5, 0.6) is 5.75 Å². The van der Waals surface area contributed by atoms with Crippen molar-refractivity contribution in [1.82, 2.24) is 10.2 Å². The van der Waals surface area contributed by atoms with E-state index in [1.54, 1.807) is 12.1 Å². The van der Waals surface area contributed by atoms with Crippen LogP contribution < -0.4 is 10.1 Å². The Bertz CT molecular complexity index is 1000. The third-order valence-corrected chi connectivity index (χ3v) is 6.15. The summed E-state index contributed by atoms with van der Waals surface area (Å²) in [6, 6.07) is 13.5. The van der Waals surface area contributed by atoms with E-state index < -0.39 is 6.10 Å². The average molecular weight is 428 g/mol. The lowest BCUT2D eigenvalue weighted by Gasteiger charge is -2.20. The van der Waals surface area contributed by atoms with Crippen LogP contribution in [0.4, 0.5) is 5.13 Å². The van der Waals surface area contributed by atoms with Crippen molar-refractivity contribution < 1.29 is 9.53 Å². The molecule has 150 valence electrons. The summed E-state index contributed by atoms with van der Waals surface area (Å²) >= 11 is 7.25. The highest BCUT2D eigenvalue weighted by atomic mass is 35.5. The first kappa shape index (κ1) is 19.9. The van der Waals surface area contributed by atoms with Crippen LogP contribution in [0.15, 0.2) is 42.5 Å². The second kappa shape index (κ2) is 8.93. The number of rotatable bonds is 6. The third kappa shape index (κ3) is 4.77. The molecule has 1 atom stereocenters. The van der Waals surface area contributed by atoms with Crippen molar-refractivity contribution in [2.45, 2.75) is 45.1 Å². The van der Waals surface area contributed by atoms with E-state index in [0.717, 1.165) is 29.2 Å². The van der Waals surface area contributed by atoms with Gasteiger partial charge in [-0.25, -0.2) is 0 Å². The second-order valence-electron chi connectivity index (χ2n) is 7.06. The van der Waals surface area contributed by atoms with Gasteiger partial charge >= 0.3 is 0 Å². The number of halogens is 1. The van der Waals surface area contributed by atoms with Crippen LogP contribution in [-0.2, 0) is 17.6 Å². The van der Waals surface area contributed by atoms with E-state index in [1.807, 2.05) is 25.1 Å². The molecule has 0 radical (unpaired) electrons. The number of anilines is 1. The number of carbonyl (C=O) groups excluding carboxylic acids is 1. The van der Waals surface area contributed by atoms with E-state index in [0.29, 0.717) is 16.6 Å². The van der Waals surface area contributed by atoms with Gasteiger partial charge in [-0.3, -0.25) is 10.1 Å². The molecule has 0 bridgehead atoms. The first-order valence-corrected chi connectivity index (χ1v) is 11.0. The number of benzene rings is 2. The Morgan fingerprint density at radius 2 is 1.90 bits per heavy atom. The molecule has 1 aliphatic rings. The zero-order valence-corrected chi connectivity index (χ0v) is 17.7. The van der Waals surface area contributed by atoms with Gasteiger partial charge < -0.3 is 4.74 Å². The first-order valence-electron chi connectivity index (χ1n) is 9.81. The van der Waals surface area contributed by atoms with Crippen LogP contribution in [0, 0.1) is 0 Å². The van der Waals surface area contributed by atoms with Gasteiger partial charge in [0.05, 0.1) is 0 Å². The second-order valence-corrected chi connectivity index (χ2v) is 8.47. The molecule has 1 heterocycles. The molecule has 0 aliphatic heterocycles. The Labute approximate surface area is 179 Å². The molecule has 1 unspecified atom stereocenters. The zero-order valence-electron chi connectivity index (χ0n) is 16.2. The Kier molecular flexibility index (Phi) is 6.11. The molecule has 0 spiro atoms. The van der Waals surface area contributed by atoms with Gasteiger partial charge in [0.2, 0.25) is 5.13 Å². The molecule has 7 heteroatoms. The molecule has 1 aromatic heterocycles. The molecular weight excluding hydrogens is 406 g/mol. The lowest BCUT2D eigenvalue weighted by atomic mass is 9.92. The fourth-order valence-electron chi connectivity index (χ4n) is 3.44. The minimum atomic E-state index is -0.584. The van der Waals surface area contributed by atoms with E-state index in [-0.39, 0.29) is 5.91 Å². The number of carbonyl (C=O) groups is 1. The molecule has 3 aromatic rings. The van der Waals surface area contributed by atoms with E-state index in [2.05, 4.69) is 27.6 Å². The summed E-state index contributed by atoms with van der Waals surface area (Å²) in [7, 11) is 0. The van der Waals surface area contributed by atoms with Gasteiger partial charge in [-0.1, -0.05) is 48.1 Å². The lowest BCUT2D eigenvalue weighted by molar-refractivity contribution is -0.122. The minimum absolute atomic E-state index is 0.218. The maximum absolute atomic E-state index is 12.7. The van der Waals surface area contributed by atoms with Crippen LogP contribution in [0.3, 0.4) is 0 Å². The van der Waals surface area contributed by atoms with Crippen molar-refractivity contribution in [3.8, 4) is 16.3 Å². The maximum Gasteiger partial charge on any atom is 0.267 e. The number of ether oxygens (including phenoxy) is 1. The molecule has 1 N–H and O–H groups in total. The monoisotopic (exact) mass is 427 g/mol. The number of fused-ring (bicyclic) bond motifs is 1. The molecule has 5 nitrogen and oxygen atoms in total. The number of aromatic nitrogens is 2. The summed E-state index contributed by atoms with van der Waals surface area (Å²) in [4.78, 5) is 12.7. The minimum Gasteiger partial charge on any atom is -0.481 e. The fourth-order valence-corrected chi connectivity index (χ4v) is 4.32. The molecule has 1 aliphatic carbocycles. The smallest absolute Gasteiger partial charge is 0.267 e. The van der Waals surface area contributed by atoms with Gasteiger partial charge in [0.25, 0.3) is 5.91 Å². The van der Waals surface area contributed by atoms with Crippen molar-refractivity contribution in [2.24, 2.45) is 0 Å². The number of hydrogen-bond donors (Lipinski definition) is 1. The Morgan fingerprint density at radius 3 is 2.66 bits per heavy atom. The van der Waals surface area contributed by atoms with Crippen LogP contribution >= 0.6 is 22.9 Å². The van der Waals surface area contributed by atoms with E-state index >= 15 is 0 Å². The van der Waals surface area contributed by atoms with Gasteiger partial charge in [0, 0.05) is 10.6 Å². The zero-order chi connectivity index (χ0) is 20.2. The molecular formula is C22H22ClN3O2S. The standard InChI is InChI=1S/C22H22ClN3O2S/c1-2-19(28-18-12-9-14-5-3-4-6-16(14)13-18)20(27)24-22-26-25-21(29-22)15-7-10-17(23)11-8-15/h7-13,19H,2-6H2,1H3,(H,24,26,27). The fraction of sp³-hybridized carbons (Fsp3) is 0.318. The Hall–Kier alpha value is -2.44. The number of nitrogens with zero attached hydrogens (tertiary/aromatic N) is 2. The normalized spacial score (nSPS) is 14.1. The highest BCUT2D eigenvalue weighted by Crippen LogP contribution is 2.28. The van der Waals surface area contributed by atoms with Gasteiger partial charge in [-0.15, -0.1) is 10.2 Å². The predicted molar refractivity (Wildman–Crippen MR) is 117 cm³/mol. The van der Waals surface area contributed by atoms with Crippen LogP contribution in [0.25, 0.3) is 10.6 Å². The summed E-state index contributed by atoms with van der Waals surface area (Å²) in [5, 5.41) is 12.9. The summed E-state index contributed by atoms with van der Waals surface area (Å²) in [6.07, 6.45) is 4.63. The van der Waals surface area contributed by atoms with Crippen LogP contribution in [-0.4, -0.2) is 22.2 Å². The van der Waals surface area contributed by atoms with Gasteiger partial charge in [0.1, 0.15) is 10.8 Å². The van der Waals surface area contributed by atoms with E-state index in [1.165, 1.54) is 35.3 Å². The lowest BCUT2D eigenvalue weighted by Crippen LogP contribution is -2.32. The van der Waals surface area contributed by atoms with Crippen molar-refractivity contribution in [3.63, 3.8) is 0 Å². The van der Waals surface area contributed by atoms with Gasteiger partial charge in [-0.05, 0) is 67.5 Å². The SMILES string of the molecule is CCC(Oc1ccc2c(c1)CCCC2)C(=O)Nc1nnc(-c2ccc(Cl)cc2)s1. The van der Waals surface area contributed by atoms with Gasteiger partial charge in [0.15, 0.2) is 6.10 Å². The molecule has 2 aromatic carbocycles. The predicted octanol–water partition coefficient (Wildman–Crippen LogP) is 5.53. The number of nitrogens with one attached hydrogen (secondary N) is 1. The number of aryl methyl sites for hydroxylation is 2. The third-order valence-electron chi connectivity index (χ3n) is 5.01. The molecule has 0 saturated heterocycles. The molecule has 29 heavy (non-hydrogen) atoms. The summed E-state index contributed by atoms with van der Waals surface area (Å²) in [6.45, 7) is 1.93. The van der Waals surface area contributed by atoms with E-state index in [9.17, 15) is 4.79 Å². The van der Waals surface area contributed by atoms with Crippen molar-refractivity contribution in [2.75, 3.05) is 5.32 Å². The number of hydrogen-bond acceptors (Lipinski definition) is 5. The van der Waals surface area contributed by atoms with Gasteiger partial charge in [-0.2, -0.15) is 0 Å². The molecule has 4 rings (SSSR count). The van der Waals surface area contributed by atoms with Crippen molar-refractivity contribution in [3.05, 3.63) is 58.6 Å². The molecule has 0 saturated carbocycles. The van der Waals surface area contributed by atoms with Crippen molar-refractivity contribution >= 4 is 34.0 Å². The quantitative estimate of drug-likeness (QED) is 0.561. The molecule has 0 fully saturated rings. The summed E-state index contributed by atoms with van der Waals surface area (Å²) in [5.74, 6) is 0.524. The maximum atomic E-state index is 12.7. The highest BCUT2D eigenvalue weighted by molar-refractivity contribution is 7.18. The average Bonchev–Trinajstić information content (AvgIpc) is 3.20. The topological polar surface area (TPSA) is 64.1 Å². The van der Waals surface area contributed by atoms with Crippen LogP contribution in [0.2, 0.25) is 5.02 Å². The van der Waals surface area contributed by atoms with E-state index in [4.69, 9.17) is 16.3 Å². The molecule has 1 amide bonds. The largest absolute Gasteiger partial charge is 0.481 e.